The van der Waals surface area contributed by atoms with Gasteiger partial charge in [0.05, 0.1) is 0 Å². The standard InChI is InChI=1S/C12H19NO2/c1-9(2)11(14)12(13-10(3)4)5-7-15-8-6-12/h13H,1,3,5-8H2,2,4H3. The maximum atomic E-state index is 12.1. The predicted octanol–water partition coefficient (Wildman–Crippen LogP) is 1.80. The molecule has 0 amide bonds. The Hall–Kier alpha value is -1.09. The van der Waals surface area contributed by atoms with E-state index in [2.05, 4.69) is 18.5 Å². The van der Waals surface area contributed by atoms with Gasteiger partial charge in [-0.05, 0) is 19.4 Å². The van der Waals surface area contributed by atoms with Gasteiger partial charge >= 0.3 is 0 Å². The molecule has 1 fully saturated rings. The van der Waals surface area contributed by atoms with Gasteiger partial charge in [-0.2, -0.15) is 0 Å². The number of allylic oxidation sites excluding steroid dienone is 1. The van der Waals surface area contributed by atoms with E-state index in [1.54, 1.807) is 6.92 Å². The van der Waals surface area contributed by atoms with Crippen LogP contribution in [0.3, 0.4) is 0 Å². The van der Waals surface area contributed by atoms with Crippen molar-refractivity contribution < 1.29 is 9.53 Å². The van der Waals surface area contributed by atoms with Crippen LogP contribution in [0.25, 0.3) is 0 Å². The van der Waals surface area contributed by atoms with Crippen LogP contribution in [0.15, 0.2) is 24.4 Å². The molecule has 0 aromatic carbocycles. The summed E-state index contributed by atoms with van der Waals surface area (Å²) >= 11 is 0. The van der Waals surface area contributed by atoms with Crippen LogP contribution in [0.1, 0.15) is 26.7 Å². The highest BCUT2D eigenvalue weighted by Gasteiger charge is 2.39. The van der Waals surface area contributed by atoms with Gasteiger partial charge in [0.2, 0.25) is 0 Å². The van der Waals surface area contributed by atoms with Crippen molar-refractivity contribution in [2.45, 2.75) is 32.2 Å². The maximum Gasteiger partial charge on any atom is 0.183 e. The zero-order valence-electron chi connectivity index (χ0n) is 9.56. The zero-order valence-corrected chi connectivity index (χ0v) is 9.56. The zero-order chi connectivity index (χ0) is 11.5. The lowest BCUT2D eigenvalue weighted by atomic mass is 9.82. The van der Waals surface area contributed by atoms with Gasteiger partial charge in [-0.25, -0.2) is 0 Å². The van der Waals surface area contributed by atoms with Crippen molar-refractivity contribution in [1.82, 2.24) is 5.32 Å². The molecule has 0 saturated carbocycles. The summed E-state index contributed by atoms with van der Waals surface area (Å²) in [4.78, 5) is 12.1. The Morgan fingerprint density at radius 3 is 2.20 bits per heavy atom. The first-order valence-corrected chi connectivity index (χ1v) is 5.20. The minimum Gasteiger partial charge on any atom is -0.381 e. The van der Waals surface area contributed by atoms with E-state index in [0.717, 1.165) is 5.70 Å². The largest absolute Gasteiger partial charge is 0.381 e. The van der Waals surface area contributed by atoms with Crippen molar-refractivity contribution in [2.24, 2.45) is 0 Å². The number of carbonyl (C=O) groups is 1. The summed E-state index contributed by atoms with van der Waals surface area (Å²) in [5.74, 6) is 0.0776. The number of ether oxygens (including phenoxy) is 1. The molecule has 3 nitrogen and oxygen atoms in total. The number of Topliss-reactive ketones (excluding diaryl/α,β-unsaturated/α-hetero) is 1. The number of ketones is 1. The first-order valence-electron chi connectivity index (χ1n) is 5.20. The quantitative estimate of drug-likeness (QED) is 0.717. The highest BCUT2D eigenvalue weighted by Crippen LogP contribution is 2.25. The topological polar surface area (TPSA) is 38.3 Å². The van der Waals surface area contributed by atoms with E-state index in [0.29, 0.717) is 31.6 Å². The minimum absolute atomic E-state index is 0.0776. The SMILES string of the molecule is C=C(C)NC1(C(=O)C(=C)C)CCOCC1. The third kappa shape index (κ3) is 2.69. The summed E-state index contributed by atoms with van der Waals surface area (Å²) in [5.41, 5.74) is 0.868. The normalized spacial score (nSPS) is 19.3. The number of nitrogens with one attached hydrogen (secondary N) is 1. The minimum atomic E-state index is -0.532. The average molecular weight is 209 g/mol. The second-order valence-electron chi connectivity index (χ2n) is 4.21. The van der Waals surface area contributed by atoms with E-state index in [4.69, 9.17) is 4.74 Å². The van der Waals surface area contributed by atoms with Gasteiger partial charge in [0.15, 0.2) is 5.78 Å². The van der Waals surface area contributed by atoms with Crippen LogP contribution in [0.4, 0.5) is 0 Å². The highest BCUT2D eigenvalue weighted by atomic mass is 16.5. The van der Waals surface area contributed by atoms with Crippen LogP contribution in [-0.4, -0.2) is 24.5 Å². The van der Waals surface area contributed by atoms with Crippen molar-refractivity contribution >= 4 is 5.78 Å². The van der Waals surface area contributed by atoms with Gasteiger partial charge < -0.3 is 10.1 Å². The van der Waals surface area contributed by atoms with E-state index in [1.807, 2.05) is 6.92 Å². The Kier molecular flexibility index (Phi) is 3.69. The smallest absolute Gasteiger partial charge is 0.183 e. The number of carbonyl (C=O) groups excluding carboxylic acids is 1. The maximum absolute atomic E-state index is 12.1. The summed E-state index contributed by atoms with van der Waals surface area (Å²) in [6.07, 6.45) is 1.37. The Morgan fingerprint density at radius 1 is 1.27 bits per heavy atom. The third-order valence-electron chi connectivity index (χ3n) is 2.62. The summed E-state index contributed by atoms with van der Waals surface area (Å²) in [7, 11) is 0. The molecular formula is C12H19NO2. The fraction of sp³-hybridized carbons (Fsp3) is 0.583. The fourth-order valence-electron chi connectivity index (χ4n) is 1.95. The van der Waals surface area contributed by atoms with Crippen molar-refractivity contribution in [3.8, 4) is 0 Å². The van der Waals surface area contributed by atoms with Crippen LogP contribution < -0.4 is 5.32 Å². The van der Waals surface area contributed by atoms with E-state index in [1.165, 1.54) is 0 Å². The van der Waals surface area contributed by atoms with Gasteiger partial charge in [-0.15, -0.1) is 0 Å². The summed E-state index contributed by atoms with van der Waals surface area (Å²) < 4.78 is 5.28. The molecular weight excluding hydrogens is 190 g/mol. The van der Waals surface area contributed by atoms with Crippen LogP contribution in [-0.2, 0) is 9.53 Å². The van der Waals surface area contributed by atoms with Gasteiger partial charge in [-0.1, -0.05) is 13.2 Å². The molecule has 1 aliphatic rings. The molecule has 0 aromatic rings. The molecule has 0 bridgehead atoms. The van der Waals surface area contributed by atoms with Crippen LogP contribution in [0, 0.1) is 0 Å². The lowest BCUT2D eigenvalue weighted by molar-refractivity contribution is -0.125. The number of hydrogen-bond donors (Lipinski definition) is 1. The summed E-state index contributed by atoms with van der Waals surface area (Å²) in [6.45, 7) is 12.4. The van der Waals surface area contributed by atoms with E-state index < -0.39 is 5.54 Å². The van der Waals surface area contributed by atoms with Gasteiger partial charge in [-0.3, -0.25) is 4.79 Å². The molecule has 3 heteroatoms. The Balaban J connectivity index is 2.88. The molecule has 0 aliphatic carbocycles. The first-order chi connectivity index (χ1) is 6.98. The van der Waals surface area contributed by atoms with E-state index in [-0.39, 0.29) is 5.78 Å². The molecule has 84 valence electrons. The van der Waals surface area contributed by atoms with Crippen molar-refractivity contribution in [3.63, 3.8) is 0 Å². The Labute approximate surface area is 91.2 Å². The van der Waals surface area contributed by atoms with E-state index >= 15 is 0 Å². The van der Waals surface area contributed by atoms with Crippen LogP contribution in [0.2, 0.25) is 0 Å². The molecule has 0 unspecified atom stereocenters. The van der Waals surface area contributed by atoms with Crippen molar-refractivity contribution in [3.05, 3.63) is 24.4 Å². The molecule has 1 heterocycles. The Bertz CT molecular complexity index is 288. The monoisotopic (exact) mass is 209 g/mol. The molecule has 0 radical (unpaired) electrons. The summed E-state index contributed by atoms with van der Waals surface area (Å²) in [6, 6.07) is 0. The second kappa shape index (κ2) is 4.62. The third-order valence-corrected chi connectivity index (χ3v) is 2.62. The first kappa shape index (κ1) is 12.0. The lowest BCUT2D eigenvalue weighted by Crippen LogP contribution is -2.54. The van der Waals surface area contributed by atoms with Crippen LogP contribution >= 0.6 is 0 Å². The van der Waals surface area contributed by atoms with Gasteiger partial charge in [0.25, 0.3) is 0 Å². The summed E-state index contributed by atoms with van der Waals surface area (Å²) in [5, 5.41) is 3.19. The van der Waals surface area contributed by atoms with Crippen molar-refractivity contribution in [1.29, 1.82) is 0 Å². The molecule has 1 rings (SSSR count). The average Bonchev–Trinajstić information content (AvgIpc) is 2.16. The molecule has 0 aromatic heterocycles. The van der Waals surface area contributed by atoms with Gasteiger partial charge in [0.1, 0.15) is 5.54 Å². The van der Waals surface area contributed by atoms with Crippen LogP contribution in [0.5, 0.6) is 0 Å². The number of rotatable bonds is 4. The molecule has 0 spiro atoms. The van der Waals surface area contributed by atoms with Gasteiger partial charge in [0, 0.05) is 31.8 Å². The number of hydrogen-bond acceptors (Lipinski definition) is 3. The molecule has 1 aliphatic heterocycles. The molecule has 1 N–H and O–H groups in total. The van der Waals surface area contributed by atoms with Crippen molar-refractivity contribution in [2.75, 3.05) is 13.2 Å². The molecule has 0 atom stereocenters. The fourth-order valence-corrected chi connectivity index (χ4v) is 1.95. The second-order valence-corrected chi connectivity index (χ2v) is 4.21. The predicted molar refractivity (Wildman–Crippen MR) is 60.6 cm³/mol. The molecule has 1 saturated heterocycles. The highest BCUT2D eigenvalue weighted by molar-refractivity contribution is 6.02. The Morgan fingerprint density at radius 2 is 1.80 bits per heavy atom. The van der Waals surface area contributed by atoms with E-state index in [9.17, 15) is 4.79 Å². The lowest BCUT2D eigenvalue weighted by Gasteiger charge is -2.37. The molecule has 15 heavy (non-hydrogen) atoms.